The lowest BCUT2D eigenvalue weighted by Crippen LogP contribution is -2.48. The fourth-order valence-corrected chi connectivity index (χ4v) is 4.64. The second-order valence-corrected chi connectivity index (χ2v) is 9.40. The van der Waals surface area contributed by atoms with Crippen LogP contribution in [0.1, 0.15) is 68.3 Å². The Balaban J connectivity index is 1.44. The van der Waals surface area contributed by atoms with Crippen molar-refractivity contribution in [1.82, 2.24) is 20.4 Å². The number of carbonyl (C=O) groups is 2. The number of rotatable bonds is 7. The third kappa shape index (κ3) is 4.76. The van der Waals surface area contributed by atoms with Crippen LogP contribution in [-0.4, -0.2) is 39.4 Å². The van der Waals surface area contributed by atoms with Crippen molar-refractivity contribution in [2.24, 2.45) is 5.92 Å². The molecule has 8 heteroatoms. The normalized spacial score (nSPS) is 17.7. The van der Waals surface area contributed by atoms with E-state index in [0.717, 1.165) is 34.7 Å². The number of likely N-dealkylation sites (tertiary alicyclic amines) is 1. The summed E-state index contributed by atoms with van der Waals surface area (Å²) in [7, 11) is 0. The number of hydrogen-bond acceptors (Lipinski definition) is 6. The third-order valence-corrected chi connectivity index (χ3v) is 6.50. The molecule has 3 aromatic rings. The van der Waals surface area contributed by atoms with E-state index in [1.54, 1.807) is 11.0 Å². The zero-order valence-electron chi connectivity index (χ0n) is 20.4. The summed E-state index contributed by atoms with van der Waals surface area (Å²) in [6.07, 6.45) is 2.88. The second-order valence-electron chi connectivity index (χ2n) is 9.40. The monoisotopic (exact) mass is 464 g/mol. The summed E-state index contributed by atoms with van der Waals surface area (Å²) in [4.78, 5) is 32.5. The van der Waals surface area contributed by atoms with Gasteiger partial charge in [-0.25, -0.2) is 4.98 Å². The van der Waals surface area contributed by atoms with Crippen molar-refractivity contribution in [1.29, 1.82) is 0 Å². The summed E-state index contributed by atoms with van der Waals surface area (Å²) >= 11 is 0. The van der Waals surface area contributed by atoms with E-state index in [0.29, 0.717) is 18.7 Å². The van der Waals surface area contributed by atoms with Crippen molar-refractivity contribution in [3.8, 4) is 11.3 Å². The number of amides is 2. The molecule has 1 aliphatic heterocycles. The van der Waals surface area contributed by atoms with Crippen LogP contribution in [0, 0.1) is 19.8 Å². The van der Waals surface area contributed by atoms with Crippen molar-refractivity contribution in [2.45, 2.75) is 65.5 Å². The van der Waals surface area contributed by atoms with Gasteiger partial charge in [0.25, 0.3) is 0 Å². The highest BCUT2D eigenvalue weighted by Gasteiger charge is 2.40. The largest absolute Gasteiger partial charge is 0.443 e. The van der Waals surface area contributed by atoms with Gasteiger partial charge in [-0.1, -0.05) is 43.3 Å². The van der Waals surface area contributed by atoms with Crippen LogP contribution in [0.2, 0.25) is 0 Å². The number of nitrogens with zero attached hydrogens (tertiary/aromatic N) is 3. The van der Waals surface area contributed by atoms with Gasteiger partial charge in [0.05, 0.1) is 17.4 Å². The summed E-state index contributed by atoms with van der Waals surface area (Å²) in [6.45, 7) is 10.2. The molecule has 0 spiro atoms. The summed E-state index contributed by atoms with van der Waals surface area (Å²) in [5.74, 6) is 0.644. The van der Waals surface area contributed by atoms with Gasteiger partial charge in [0.1, 0.15) is 17.7 Å². The summed E-state index contributed by atoms with van der Waals surface area (Å²) in [5, 5.41) is 7.05. The maximum Gasteiger partial charge on any atom is 0.243 e. The van der Waals surface area contributed by atoms with Gasteiger partial charge in [-0.3, -0.25) is 9.59 Å². The van der Waals surface area contributed by atoms with Crippen molar-refractivity contribution in [3.63, 3.8) is 0 Å². The second kappa shape index (κ2) is 9.83. The highest BCUT2D eigenvalue weighted by Crippen LogP contribution is 2.31. The van der Waals surface area contributed by atoms with Crippen molar-refractivity contribution < 1.29 is 18.5 Å². The van der Waals surface area contributed by atoms with Crippen LogP contribution < -0.4 is 5.32 Å². The van der Waals surface area contributed by atoms with E-state index < -0.39 is 12.0 Å². The lowest BCUT2D eigenvalue weighted by Gasteiger charge is -2.29. The molecule has 2 amide bonds. The first-order chi connectivity index (χ1) is 16.3. The maximum absolute atomic E-state index is 13.5. The van der Waals surface area contributed by atoms with Crippen LogP contribution in [0.15, 0.2) is 45.7 Å². The average Bonchev–Trinajstić information content (AvgIpc) is 3.55. The number of carbonyl (C=O) groups excluding carboxylic acids is 2. The molecule has 0 aliphatic carbocycles. The molecule has 1 N–H and O–H groups in total. The Morgan fingerprint density at radius 1 is 1.15 bits per heavy atom. The molecule has 0 radical (unpaired) electrons. The summed E-state index contributed by atoms with van der Waals surface area (Å²) in [5.41, 5.74) is 3.48. The van der Waals surface area contributed by atoms with E-state index in [-0.39, 0.29) is 23.8 Å². The van der Waals surface area contributed by atoms with Crippen LogP contribution >= 0.6 is 0 Å². The van der Waals surface area contributed by atoms with Gasteiger partial charge in [0.2, 0.25) is 11.8 Å². The molecule has 1 fully saturated rings. The SMILES string of the molecule is Cc1cc(C(C(=O)N2CCC[C@H]2C(=O)N[C@@H](C)c2ccc(-c3ocnc3C)cc2)C(C)C)on1. The zero-order chi connectivity index (χ0) is 24.4. The van der Waals surface area contributed by atoms with E-state index in [9.17, 15) is 9.59 Å². The molecular weight excluding hydrogens is 432 g/mol. The number of nitrogens with one attached hydrogen (secondary N) is 1. The van der Waals surface area contributed by atoms with E-state index in [4.69, 9.17) is 8.94 Å². The smallest absolute Gasteiger partial charge is 0.243 e. The van der Waals surface area contributed by atoms with Gasteiger partial charge >= 0.3 is 0 Å². The highest BCUT2D eigenvalue weighted by molar-refractivity contribution is 5.91. The Morgan fingerprint density at radius 2 is 1.88 bits per heavy atom. The molecule has 8 nitrogen and oxygen atoms in total. The highest BCUT2D eigenvalue weighted by atomic mass is 16.5. The lowest BCUT2D eigenvalue weighted by atomic mass is 9.91. The molecule has 180 valence electrons. The first kappa shape index (κ1) is 23.7. The number of benzene rings is 1. The molecule has 3 heterocycles. The quantitative estimate of drug-likeness (QED) is 0.550. The maximum atomic E-state index is 13.5. The van der Waals surface area contributed by atoms with Gasteiger partial charge in [0, 0.05) is 18.2 Å². The third-order valence-electron chi connectivity index (χ3n) is 6.50. The Labute approximate surface area is 199 Å². The predicted octanol–water partition coefficient (Wildman–Crippen LogP) is 4.55. The molecule has 1 aromatic carbocycles. The lowest BCUT2D eigenvalue weighted by molar-refractivity contribution is -0.141. The minimum absolute atomic E-state index is 0.0228. The van der Waals surface area contributed by atoms with Gasteiger partial charge in [-0.05, 0) is 45.1 Å². The topological polar surface area (TPSA) is 101 Å². The first-order valence-corrected chi connectivity index (χ1v) is 11.8. The molecule has 0 bridgehead atoms. The van der Waals surface area contributed by atoms with E-state index in [1.807, 2.05) is 58.9 Å². The van der Waals surface area contributed by atoms with Crippen LogP contribution in [-0.2, 0) is 9.59 Å². The molecule has 34 heavy (non-hydrogen) atoms. The van der Waals surface area contributed by atoms with Crippen LogP contribution in [0.3, 0.4) is 0 Å². The molecule has 3 atom stereocenters. The number of hydrogen-bond donors (Lipinski definition) is 1. The number of aryl methyl sites for hydroxylation is 2. The standard InChI is InChI=1S/C26H32N4O4/c1-15(2)23(22-13-16(3)29-34-22)26(32)30-12-6-7-21(30)25(31)28-17(4)19-8-10-20(11-9-19)24-18(5)27-14-33-24/h8-11,13-15,17,21,23H,6-7,12H2,1-5H3,(H,28,31)/t17-,21-,23?/m0/s1. The Hall–Kier alpha value is -3.42. The first-order valence-electron chi connectivity index (χ1n) is 11.8. The van der Waals surface area contributed by atoms with Gasteiger partial charge in [-0.15, -0.1) is 0 Å². The molecule has 1 unspecified atom stereocenters. The molecule has 0 saturated carbocycles. The summed E-state index contributed by atoms with van der Waals surface area (Å²) in [6, 6.07) is 8.98. The molecule has 4 rings (SSSR count). The molecule has 1 aliphatic rings. The van der Waals surface area contributed by atoms with E-state index >= 15 is 0 Å². The van der Waals surface area contributed by atoms with Crippen molar-refractivity contribution >= 4 is 11.8 Å². The Bertz CT molecular complexity index is 1150. The van der Waals surface area contributed by atoms with Crippen LogP contribution in [0.25, 0.3) is 11.3 Å². The molecular formula is C26H32N4O4. The fraction of sp³-hybridized carbons (Fsp3) is 0.462. The van der Waals surface area contributed by atoms with E-state index in [1.165, 1.54) is 6.39 Å². The van der Waals surface area contributed by atoms with E-state index in [2.05, 4.69) is 15.5 Å². The van der Waals surface area contributed by atoms with Crippen LogP contribution in [0.4, 0.5) is 0 Å². The average molecular weight is 465 g/mol. The predicted molar refractivity (Wildman–Crippen MR) is 127 cm³/mol. The van der Waals surface area contributed by atoms with Gasteiger partial charge in [-0.2, -0.15) is 0 Å². The van der Waals surface area contributed by atoms with Gasteiger partial charge in [0.15, 0.2) is 12.2 Å². The molecule has 2 aromatic heterocycles. The minimum Gasteiger partial charge on any atom is -0.443 e. The fourth-order valence-electron chi connectivity index (χ4n) is 4.64. The summed E-state index contributed by atoms with van der Waals surface area (Å²) < 4.78 is 10.9. The zero-order valence-corrected chi connectivity index (χ0v) is 20.4. The Morgan fingerprint density at radius 3 is 2.47 bits per heavy atom. The molecule has 1 saturated heterocycles. The minimum atomic E-state index is -0.490. The van der Waals surface area contributed by atoms with Crippen LogP contribution in [0.5, 0.6) is 0 Å². The Kier molecular flexibility index (Phi) is 6.86. The van der Waals surface area contributed by atoms with Crippen molar-refractivity contribution in [2.75, 3.05) is 6.54 Å². The van der Waals surface area contributed by atoms with Crippen molar-refractivity contribution in [3.05, 3.63) is 59.4 Å². The number of oxazole rings is 1. The van der Waals surface area contributed by atoms with Gasteiger partial charge < -0.3 is 19.2 Å². The number of aromatic nitrogens is 2.